The van der Waals surface area contributed by atoms with E-state index in [0.717, 1.165) is 11.6 Å². The van der Waals surface area contributed by atoms with E-state index in [1.165, 1.54) is 18.2 Å². The quantitative estimate of drug-likeness (QED) is 0.808. The predicted octanol–water partition coefficient (Wildman–Crippen LogP) is 5.28. The molecule has 0 bridgehead atoms. The Morgan fingerprint density at radius 1 is 1.14 bits per heavy atom. The summed E-state index contributed by atoms with van der Waals surface area (Å²) < 4.78 is 44.7. The maximum Gasteiger partial charge on any atom is 0.419 e. The molecular formula is C15H13BrF3NO. The summed E-state index contributed by atoms with van der Waals surface area (Å²) in [6, 6.07) is 9.83. The van der Waals surface area contributed by atoms with Crippen molar-refractivity contribution in [2.45, 2.75) is 19.1 Å². The molecule has 0 heterocycles. The second-order valence-corrected chi connectivity index (χ2v) is 5.42. The van der Waals surface area contributed by atoms with Crippen molar-refractivity contribution in [3.05, 3.63) is 58.1 Å². The minimum atomic E-state index is -4.46. The molecule has 0 saturated heterocycles. The summed E-state index contributed by atoms with van der Waals surface area (Å²) in [6.07, 6.45) is -4.46. The van der Waals surface area contributed by atoms with Gasteiger partial charge in [0.15, 0.2) is 0 Å². The molecule has 0 fully saturated rings. The second-order valence-electron chi connectivity index (χ2n) is 4.57. The zero-order valence-corrected chi connectivity index (χ0v) is 12.7. The molecule has 2 nitrogen and oxygen atoms in total. The molecule has 1 unspecified atom stereocenters. The van der Waals surface area contributed by atoms with E-state index < -0.39 is 11.7 Å². The van der Waals surface area contributed by atoms with Gasteiger partial charge in [0.25, 0.3) is 0 Å². The van der Waals surface area contributed by atoms with Crippen LogP contribution in [0.15, 0.2) is 46.9 Å². The summed E-state index contributed by atoms with van der Waals surface area (Å²) in [7, 11) is 0. The van der Waals surface area contributed by atoms with E-state index in [2.05, 4.69) is 15.9 Å². The van der Waals surface area contributed by atoms with Gasteiger partial charge in [0, 0.05) is 10.5 Å². The molecule has 6 heteroatoms. The van der Waals surface area contributed by atoms with Crippen LogP contribution in [-0.2, 0) is 6.18 Å². The molecule has 0 spiro atoms. The monoisotopic (exact) mass is 359 g/mol. The van der Waals surface area contributed by atoms with Crippen LogP contribution in [0, 0.1) is 0 Å². The number of hydrogen-bond acceptors (Lipinski definition) is 2. The first-order chi connectivity index (χ1) is 9.79. The predicted molar refractivity (Wildman–Crippen MR) is 78.3 cm³/mol. The lowest BCUT2D eigenvalue weighted by Crippen LogP contribution is -2.07. The number of halogens is 4. The minimum absolute atomic E-state index is 0.184. The zero-order chi connectivity index (χ0) is 15.6. The molecule has 21 heavy (non-hydrogen) atoms. The second kappa shape index (κ2) is 6.07. The SMILES string of the molecule is CC(N)c1ccc(Oc2ccccc2C(F)(F)F)cc1Br. The van der Waals surface area contributed by atoms with E-state index in [0.29, 0.717) is 10.2 Å². The summed E-state index contributed by atoms with van der Waals surface area (Å²) in [4.78, 5) is 0. The Morgan fingerprint density at radius 2 is 1.81 bits per heavy atom. The largest absolute Gasteiger partial charge is 0.457 e. The standard InChI is InChI=1S/C15H13BrF3NO/c1-9(20)11-7-6-10(8-13(11)16)21-14-5-3-2-4-12(14)15(17,18)19/h2-9H,20H2,1H3. The molecule has 0 aliphatic carbocycles. The van der Waals surface area contributed by atoms with Crippen molar-refractivity contribution in [1.29, 1.82) is 0 Å². The molecule has 2 aromatic rings. The third kappa shape index (κ3) is 3.77. The maximum atomic E-state index is 12.9. The van der Waals surface area contributed by atoms with Gasteiger partial charge < -0.3 is 10.5 Å². The first kappa shape index (κ1) is 15.9. The van der Waals surface area contributed by atoms with Crippen molar-refractivity contribution in [3.8, 4) is 11.5 Å². The minimum Gasteiger partial charge on any atom is -0.457 e. The van der Waals surface area contributed by atoms with Gasteiger partial charge >= 0.3 is 6.18 Å². The molecule has 0 saturated carbocycles. The molecule has 1 atom stereocenters. The Morgan fingerprint density at radius 3 is 2.38 bits per heavy atom. The van der Waals surface area contributed by atoms with Crippen LogP contribution in [0.2, 0.25) is 0 Å². The van der Waals surface area contributed by atoms with Gasteiger partial charge in [-0.3, -0.25) is 0 Å². The van der Waals surface area contributed by atoms with Gasteiger partial charge in [-0.1, -0.05) is 34.1 Å². The number of hydrogen-bond donors (Lipinski definition) is 1. The zero-order valence-electron chi connectivity index (χ0n) is 11.1. The van der Waals surface area contributed by atoms with Gasteiger partial charge in [0.05, 0.1) is 5.56 Å². The van der Waals surface area contributed by atoms with Crippen LogP contribution in [0.5, 0.6) is 11.5 Å². The first-order valence-corrected chi connectivity index (χ1v) is 6.97. The van der Waals surface area contributed by atoms with Crippen molar-refractivity contribution in [3.63, 3.8) is 0 Å². The fraction of sp³-hybridized carbons (Fsp3) is 0.200. The lowest BCUT2D eigenvalue weighted by Gasteiger charge is -2.15. The molecular weight excluding hydrogens is 347 g/mol. The van der Waals surface area contributed by atoms with Crippen LogP contribution in [0.25, 0.3) is 0 Å². The van der Waals surface area contributed by atoms with Crippen molar-refractivity contribution in [1.82, 2.24) is 0 Å². The van der Waals surface area contributed by atoms with Crippen molar-refractivity contribution in [2.24, 2.45) is 5.73 Å². The van der Waals surface area contributed by atoms with Crippen LogP contribution in [0.3, 0.4) is 0 Å². The first-order valence-electron chi connectivity index (χ1n) is 6.18. The number of para-hydroxylation sites is 1. The van der Waals surface area contributed by atoms with E-state index in [1.54, 1.807) is 18.2 Å². The molecule has 2 rings (SSSR count). The Balaban J connectivity index is 2.33. The molecule has 0 amide bonds. The van der Waals surface area contributed by atoms with Gasteiger partial charge in [-0.2, -0.15) is 13.2 Å². The number of benzene rings is 2. The fourth-order valence-corrected chi connectivity index (χ4v) is 2.58. The van der Waals surface area contributed by atoms with E-state index in [4.69, 9.17) is 10.5 Å². The number of alkyl halides is 3. The number of rotatable bonds is 3. The number of nitrogens with two attached hydrogens (primary N) is 1. The van der Waals surface area contributed by atoms with Gasteiger partial charge in [-0.25, -0.2) is 0 Å². The highest BCUT2D eigenvalue weighted by Crippen LogP contribution is 2.38. The molecule has 0 aliphatic heterocycles. The van der Waals surface area contributed by atoms with E-state index in [9.17, 15) is 13.2 Å². The van der Waals surface area contributed by atoms with E-state index in [1.807, 2.05) is 6.92 Å². The summed E-state index contributed by atoms with van der Waals surface area (Å²) in [5.41, 5.74) is 5.82. The van der Waals surface area contributed by atoms with Crippen LogP contribution in [0.4, 0.5) is 13.2 Å². The summed E-state index contributed by atoms with van der Waals surface area (Å²) in [5, 5.41) is 0. The molecule has 2 aromatic carbocycles. The van der Waals surface area contributed by atoms with Crippen molar-refractivity contribution >= 4 is 15.9 Å². The van der Waals surface area contributed by atoms with E-state index >= 15 is 0 Å². The number of ether oxygens (including phenoxy) is 1. The molecule has 2 N–H and O–H groups in total. The van der Waals surface area contributed by atoms with Gasteiger partial charge in [-0.05, 0) is 36.8 Å². The molecule has 0 aliphatic rings. The third-order valence-electron chi connectivity index (χ3n) is 2.88. The average Bonchev–Trinajstić information content (AvgIpc) is 2.37. The Bertz CT molecular complexity index is 641. The van der Waals surface area contributed by atoms with Gasteiger partial charge in [-0.15, -0.1) is 0 Å². The van der Waals surface area contributed by atoms with Crippen molar-refractivity contribution in [2.75, 3.05) is 0 Å². The lowest BCUT2D eigenvalue weighted by molar-refractivity contribution is -0.138. The van der Waals surface area contributed by atoms with Crippen LogP contribution < -0.4 is 10.5 Å². The van der Waals surface area contributed by atoms with Crippen LogP contribution in [0.1, 0.15) is 24.1 Å². The van der Waals surface area contributed by atoms with Crippen molar-refractivity contribution < 1.29 is 17.9 Å². The molecule has 0 radical (unpaired) electrons. The van der Waals surface area contributed by atoms with Crippen LogP contribution >= 0.6 is 15.9 Å². The van der Waals surface area contributed by atoms with Gasteiger partial charge in [0.1, 0.15) is 11.5 Å². The summed E-state index contributed by atoms with van der Waals surface area (Å²) in [5.74, 6) is 0.0772. The Labute approximate surface area is 128 Å². The Kier molecular flexibility index (Phi) is 4.58. The Hall–Kier alpha value is -1.53. The third-order valence-corrected chi connectivity index (χ3v) is 3.57. The fourth-order valence-electron chi connectivity index (χ4n) is 1.86. The lowest BCUT2D eigenvalue weighted by atomic mass is 10.1. The summed E-state index contributed by atoms with van der Waals surface area (Å²) >= 11 is 3.34. The summed E-state index contributed by atoms with van der Waals surface area (Å²) in [6.45, 7) is 1.82. The molecule has 0 aromatic heterocycles. The van der Waals surface area contributed by atoms with Crippen LogP contribution in [-0.4, -0.2) is 0 Å². The average molecular weight is 360 g/mol. The molecule has 112 valence electrons. The van der Waals surface area contributed by atoms with E-state index in [-0.39, 0.29) is 11.8 Å². The highest BCUT2D eigenvalue weighted by molar-refractivity contribution is 9.10. The highest BCUT2D eigenvalue weighted by atomic mass is 79.9. The topological polar surface area (TPSA) is 35.2 Å². The highest BCUT2D eigenvalue weighted by Gasteiger charge is 2.34. The normalized spacial score (nSPS) is 13.0. The smallest absolute Gasteiger partial charge is 0.419 e. The maximum absolute atomic E-state index is 12.9. The van der Waals surface area contributed by atoms with Gasteiger partial charge in [0.2, 0.25) is 0 Å².